The summed E-state index contributed by atoms with van der Waals surface area (Å²) in [5, 5.41) is 10.3. The topological polar surface area (TPSA) is 72.8 Å². The van der Waals surface area contributed by atoms with Crippen molar-refractivity contribution in [2.75, 3.05) is 13.7 Å². The lowest BCUT2D eigenvalue weighted by molar-refractivity contribution is -0.173. The van der Waals surface area contributed by atoms with E-state index in [2.05, 4.69) is 11.7 Å². The van der Waals surface area contributed by atoms with Gasteiger partial charge in [0, 0.05) is 6.92 Å². The Labute approximate surface area is 153 Å². The van der Waals surface area contributed by atoms with Crippen molar-refractivity contribution in [1.29, 1.82) is 0 Å². The lowest BCUT2D eigenvalue weighted by Crippen LogP contribution is -2.44. The molecular formula is C20H38O5. The first kappa shape index (κ1) is 23.9. The maximum absolute atomic E-state index is 11.7. The van der Waals surface area contributed by atoms with E-state index in [-0.39, 0.29) is 13.0 Å². The Kier molecular flexibility index (Phi) is 14.5. The van der Waals surface area contributed by atoms with Crippen LogP contribution in [0.5, 0.6) is 0 Å². The number of aliphatic hydroxyl groups is 1. The van der Waals surface area contributed by atoms with Crippen LogP contribution in [0.4, 0.5) is 0 Å². The van der Waals surface area contributed by atoms with Crippen molar-refractivity contribution >= 4 is 11.9 Å². The summed E-state index contributed by atoms with van der Waals surface area (Å²) >= 11 is 0. The highest BCUT2D eigenvalue weighted by molar-refractivity contribution is 5.79. The second-order valence-corrected chi connectivity index (χ2v) is 6.94. The van der Waals surface area contributed by atoms with Crippen LogP contribution >= 0.6 is 0 Å². The highest BCUT2D eigenvalue weighted by Gasteiger charge is 2.38. The van der Waals surface area contributed by atoms with Crippen LogP contribution in [0.3, 0.4) is 0 Å². The largest absolute Gasteiger partial charge is 0.467 e. The van der Waals surface area contributed by atoms with Gasteiger partial charge in [0.1, 0.15) is 6.61 Å². The zero-order valence-corrected chi connectivity index (χ0v) is 16.5. The van der Waals surface area contributed by atoms with Gasteiger partial charge in [-0.15, -0.1) is 0 Å². The van der Waals surface area contributed by atoms with Gasteiger partial charge in [-0.2, -0.15) is 0 Å². The number of hydrogen-bond donors (Lipinski definition) is 1. The molecule has 0 aromatic heterocycles. The van der Waals surface area contributed by atoms with Crippen LogP contribution in [0.1, 0.15) is 97.3 Å². The summed E-state index contributed by atoms with van der Waals surface area (Å²) in [5.74, 6) is -1.26. The van der Waals surface area contributed by atoms with Crippen LogP contribution < -0.4 is 0 Å². The van der Waals surface area contributed by atoms with Crippen LogP contribution in [-0.2, 0) is 19.1 Å². The van der Waals surface area contributed by atoms with Gasteiger partial charge in [0.15, 0.2) is 5.60 Å². The predicted octanol–water partition coefficient (Wildman–Crippen LogP) is 4.54. The average Bonchev–Trinajstić information content (AvgIpc) is 2.60. The molecule has 0 saturated carbocycles. The van der Waals surface area contributed by atoms with Crippen molar-refractivity contribution in [3.05, 3.63) is 0 Å². The van der Waals surface area contributed by atoms with Crippen molar-refractivity contribution in [1.82, 2.24) is 0 Å². The Morgan fingerprint density at radius 1 is 0.840 bits per heavy atom. The van der Waals surface area contributed by atoms with E-state index in [9.17, 15) is 14.7 Å². The van der Waals surface area contributed by atoms with E-state index in [0.29, 0.717) is 6.42 Å². The number of hydrogen-bond acceptors (Lipinski definition) is 5. The maximum atomic E-state index is 11.7. The highest BCUT2D eigenvalue weighted by atomic mass is 16.6. The lowest BCUT2D eigenvalue weighted by Gasteiger charge is -2.24. The van der Waals surface area contributed by atoms with Crippen molar-refractivity contribution in [2.24, 2.45) is 0 Å². The summed E-state index contributed by atoms with van der Waals surface area (Å²) in [5.41, 5.74) is -1.72. The fourth-order valence-electron chi connectivity index (χ4n) is 2.90. The molecule has 0 aliphatic carbocycles. The minimum Gasteiger partial charge on any atom is -0.467 e. The molecule has 0 unspecified atom stereocenters. The van der Waals surface area contributed by atoms with Gasteiger partial charge in [0.05, 0.1) is 7.11 Å². The van der Waals surface area contributed by atoms with E-state index in [1.165, 1.54) is 71.8 Å². The van der Waals surface area contributed by atoms with Crippen LogP contribution in [0.25, 0.3) is 0 Å². The second kappa shape index (κ2) is 15.2. The van der Waals surface area contributed by atoms with E-state index in [1.54, 1.807) is 0 Å². The predicted molar refractivity (Wildman–Crippen MR) is 99.3 cm³/mol. The van der Waals surface area contributed by atoms with E-state index < -0.39 is 17.5 Å². The zero-order chi connectivity index (χ0) is 19.0. The van der Waals surface area contributed by atoms with Crippen molar-refractivity contribution < 1.29 is 24.2 Å². The molecule has 0 aromatic carbocycles. The van der Waals surface area contributed by atoms with E-state index in [4.69, 9.17) is 4.74 Å². The van der Waals surface area contributed by atoms with E-state index in [0.717, 1.165) is 12.8 Å². The molecular weight excluding hydrogens is 320 g/mol. The molecule has 0 saturated heterocycles. The quantitative estimate of drug-likeness (QED) is 0.324. The third kappa shape index (κ3) is 12.9. The number of rotatable bonds is 16. The summed E-state index contributed by atoms with van der Waals surface area (Å²) < 4.78 is 9.42. The number of methoxy groups -OCH3 is 1. The summed E-state index contributed by atoms with van der Waals surface area (Å²) in [7, 11) is 1.23. The van der Waals surface area contributed by atoms with E-state index >= 15 is 0 Å². The molecule has 5 nitrogen and oxygen atoms in total. The molecule has 0 bridgehead atoms. The monoisotopic (exact) mass is 358 g/mol. The third-order valence-corrected chi connectivity index (χ3v) is 4.52. The zero-order valence-electron chi connectivity index (χ0n) is 16.5. The van der Waals surface area contributed by atoms with Crippen LogP contribution in [0, 0.1) is 0 Å². The molecule has 0 aromatic rings. The van der Waals surface area contributed by atoms with Crippen LogP contribution in [0.15, 0.2) is 0 Å². The molecule has 1 atom stereocenters. The average molecular weight is 359 g/mol. The molecule has 0 aliphatic rings. The van der Waals surface area contributed by atoms with Gasteiger partial charge in [0.2, 0.25) is 0 Å². The highest BCUT2D eigenvalue weighted by Crippen LogP contribution is 2.19. The standard InChI is InChI=1S/C20H38O5/c1-4-5-6-7-8-9-10-11-12-13-14-15-16-20(23,19(22)24-3)17-25-18(2)21/h23H,4-17H2,1-3H3/t20-/m1/s1. The van der Waals surface area contributed by atoms with Gasteiger partial charge < -0.3 is 14.6 Å². The lowest BCUT2D eigenvalue weighted by atomic mass is 9.96. The Balaban J connectivity index is 3.71. The number of unbranched alkanes of at least 4 members (excludes halogenated alkanes) is 11. The molecule has 1 N–H and O–H groups in total. The summed E-state index contributed by atoms with van der Waals surface area (Å²) in [6, 6.07) is 0. The Hall–Kier alpha value is -1.10. The number of carbonyl (C=O) groups excluding carboxylic acids is 2. The number of esters is 2. The molecule has 0 heterocycles. The van der Waals surface area contributed by atoms with Gasteiger partial charge in [-0.1, -0.05) is 77.6 Å². The maximum Gasteiger partial charge on any atom is 0.341 e. The van der Waals surface area contributed by atoms with Crippen molar-refractivity contribution in [3.63, 3.8) is 0 Å². The molecule has 0 fully saturated rings. The molecule has 0 amide bonds. The first-order chi connectivity index (χ1) is 12.0. The normalized spacial score (nSPS) is 13.3. The van der Waals surface area contributed by atoms with Crippen LogP contribution in [-0.4, -0.2) is 36.4 Å². The van der Waals surface area contributed by atoms with Gasteiger partial charge >= 0.3 is 11.9 Å². The van der Waals surface area contributed by atoms with Gasteiger partial charge in [0.25, 0.3) is 0 Å². The minimum absolute atomic E-state index is 0.254. The first-order valence-corrected chi connectivity index (χ1v) is 9.90. The fourth-order valence-corrected chi connectivity index (χ4v) is 2.90. The summed E-state index contributed by atoms with van der Waals surface area (Å²) in [6.07, 6.45) is 14.8. The molecule has 25 heavy (non-hydrogen) atoms. The molecule has 148 valence electrons. The number of ether oxygens (including phenoxy) is 2. The molecule has 5 heteroatoms. The molecule has 0 spiro atoms. The van der Waals surface area contributed by atoms with Crippen molar-refractivity contribution in [3.8, 4) is 0 Å². The SMILES string of the molecule is CCCCCCCCCCCCCC[C@@](O)(COC(C)=O)C(=O)OC. The Morgan fingerprint density at radius 3 is 1.68 bits per heavy atom. The van der Waals surface area contributed by atoms with Crippen molar-refractivity contribution in [2.45, 2.75) is 103 Å². The minimum atomic E-state index is -1.72. The summed E-state index contributed by atoms with van der Waals surface area (Å²) in [4.78, 5) is 22.6. The first-order valence-electron chi connectivity index (χ1n) is 9.90. The second-order valence-electron chi connectivity index (χ2n) is 6.94. The van der Waals surface area contributed by atoms with Crippen LogP contribution in [0.2, 0.25) is 0 Å². The third-order valence-electron chi connectivity index (χ3n) is 4.52. The van der Waals surface area contributed by atoms with Gasteiger partial charge in [-0.3, -0.25) is 4.79 Å². The van der Waals surface area contributed by atoms with E-state index in [1.807, 2.05) is 0 Å². The molecule has 0 rings (SSSR count). The van der Waals surface area contributed by atoms with Gasteiger partial charge in [-0.25, -0.2) is 4.79 Å². The Bertz CT molecular complexity index is 356. The van der Waals surface area contributed by atoms with Gasteiger partial charge in [-0.05, 0) is 12.8 Å². The smallest absolute Gasteiger partial charge is 0.341 e. The molecule has 0 radical (unpaired) electrons. The Morgan fingerprint density at radius 2 is 1.28 bits per heavy atom. The summed E-state index contributed by atoms with van der Waals surface area (Å²) in [6.45, 7) is 3.15. The fraction of sp³-hybridized carbons (Fsp3) is 0.900. The molecule has 0 aliphatic heterocycles. The number of carbonyl (C=O) groups is 2.